The molecule has 3 heteroatoms. The van der Waals surface area contributed by atoms with Gasteiger partial charge in [-0.1, -0.05) is 46.0 Å². The van der Waals surface area contributed by atoms with Gasteiger partial charge in [0.2, 0.25) is 0 Å². The summed E-state index contributed by atoms with van der Waals surface area (Å²) in [5.74, 6) is 3.30. The van der Waals surface area contributed by atoms with Crippen LogP contribution in [0.1, 0.15) is 89.5 Å². The Kier molecular flexibility index (Phi) is 8.32. The summed E-state index contributed by atoms with van der Waals surface area (Å²) in [7, 11) is 0. The van der Waals surface area contributed by atoms with Gasteiger partial charge in [-0.25, -0.2) is 9.97 Å². The molecule has 0 atom stereocenters. The minimum absolute atomic E-state index is 0.643. The van der Waals surface area contributed by atoms with Crippen LogP contribution in [0.15, 0.2) is 36.7 Å². The van der Waals surface area contributed by atoms with E-state index in [1.54, 1.807) is 0 Å². The molecule has 28 heavy (non-hydrogen) atoms. The Balaban J connectivity index is 1.48. The van der Waals surface area contributed by atoms with E-state index in [2.05, 4.69) is 35.9 Å². The largest absolute Gasteiger partial charge is 0.494 e. The molecule has 0 amide bonds. The van der Waals surface area contributed by atoms with Gasteiger partial charge in [0.1, 0.15) is 5.75 Å². The third kappa shape index (κ3) is 6.05. The number of hydrogen-bond acceptors (Lipinski definition) is 3. The zero-order valence-corrected chi connectivity index (χ0v) is 17.7. The SMILES string of the molecule is CCCCCCCOc1ccc(-c2ncc(C3CCC(CC)CC3)cn2)cc1. The van der Waals surface area contributed by atoms with Crippen molar-refractivity contribution in [3.05, 3.63) is 42.2 Å². The van der Waals surface area contributed by atoms with Crippen LogP contribution in [-0.4, -0.2) is 16.6 Å². The Bertz CT molecular complexity index is 673. The van der Waals surface area contributed by atoms with Crippen LogP contribution in [0.5, 0.6) is 5.75 Å². The lowest BCUT2D eigenvalue weighted by atomic mass is 9.78. The molecule has 0 N–H and O–H groups in total. The van der Waals surface area contributed by atoms with E-state index in [1.165, 1.54) is 63.4 Å². The van der Waals surface area contributed by atoms with E-state index >= 15 is 0 Å². The summed E-state index contributed by atoms with van der Waals surface area (Å²) in [5.41, 5.74) is 2.36. The zero-order chi connectivity index (χ0) is 19.6. The molecule has 2 aromatic rings. The molecule has 0 unspecified atom stereocenters. The first-order valence-electron chi connectivity index (χ1n) is 11.3. The average molecular weight is 381 g/mol. The standard InChI is InChI=1S/C25H36N2O/c1-3-5-6-7-8-17-28-24-15-13-22(14-16-24)25-26-18-23(19-27-25)21-11-9-20(4-2)10-12-21/h13-16,18-21H,3-12,17H2,1-2H3. The summed E-state index contributed by atoms with van der Waals surface area (Å²) in [6, 6.07) is 8.19. The summed E-state index contributed by atoms with van der Waals surface area (Å²) >= 11 is 0. The predicted molar refractivity (Wildman–Crippen MR) is 117 cm³/mol. The molecule has 0 bridgehead atoms. The Labute approximate surface area is 171 Å². The maximum Gasteiger partial charge on any atom is 0.159 e. The number of aromatic nitrogens is 2. The van der Waals surface area contributed by atoms with E-state index in [9.17, 15) is 0 Å². The molecule has 1 aromatic carbocycles. The van der Waals surface area contributed by atoms with Gasteiger partial charge in [-0.2, -0.15) is 0 Å². The van der Waals surface area contributed by atoms with Gasteiger partial charge in [-0.3, -0.25) is 0 Å². The monoisotopic (exact) mass is 380 g/mol. The van der Waals surface area contributed by atoms with Gasteiger partial charge in [0.05, 0.1) is 6.61 Å². The second-order valence-electron chi connectivity index (χ2n) is 8.25. The summed E-state index contributed by atoms with van der Waals surface area (Å²) < 4.78 is 5.85. The van der Waals surface area contributed by atoms with E-state index in [0.717, 1.165) is 36.1 Å². The predicted octanol–water partition coefficient (Wildman–Crippen LogP) is 7.18. The molecule has 152 valence electrons. The fourth-order valence-corrected chi connectivity index (χ4v) is 4.20. The van der Waals surface area contributed by atoms with Crippen LogP contribution in [0.2, 0.25) is 0 Å². The number of nitrogens with zero attached hydrogens (tertiary/aromatic N) is 2. The Hall–Kier alpha value is -1.90. The molecule has 3 rings (SSSR count). The van der Waals surface area contributed by atoms with Crippen molar-refractivity contribution in [1.29, 1.82) is 0 Å². The maximum atomic E-state index is 5.85. The van der Waals surface area contributed by atoms with Crippen molar-refractivity contribution in [2.75, 3.05) is 6.61 Å². The Morgan fingerprint density at radius 2 is 1.54 bits per heavy atom. The van der Waals surface area contributed by atoms with Crippen molar-refractivity contribution < 1.29 is 4.74 Å². The molecule has 1 heterocycles. The van der Waals surface area contributed by atoms with Crippen molar-refractivity contribution in [2.24, 2.45) is 5.92 Å². The van der Waals surface area contributed by atoms with Crippen LogP contribution < -0.4 is 4.74 Å². The van der Waals surface area contributed by atoms with E-state index in [0.29, 0.717) is 5.92 Å². The lowest BCUT2D eigenvalue weighted by molar-refractivity contribution is 0.304. The number of ether oxygens (including phenoxy) is 1. The molecule has 0 saturated heterocycles. The second-order valence-corrected chi connectivity index (χ2v) is 8.25. The molecule has 0 spiro atoms. The van der Waals surface area contributed by atoms with Gasteiger partial charge in [-0.05, 0) is 73.8 Å². The molecule has 1 fully saturated rings. The van der Waals surface area contributed by atoms with E-state index in [-0.39, 0.29) is 0 Å². The molecule has 1 aliphatic carbocycles. The third-order valence-electron chi connectivity index (χ3n) is 6.20. The van der Waals surface area contributed by atoms with Crippen molar-refractivity contribution in [3.8, 4) is 17.1 Å². The van der Waals surface area contributed by atoms with Crippen LogP contribution in [0.25, 0.3) is 11.4 Å². The highest BCUT2D eigenvalue weighted by Crippen LogP contribution is 2.36. The van der Waals surface area contributed by atoms with Crippen molar-refractivity contribution in [3.63, 3.8) is 0 Å². The van der Waals surface area contributed by atoms with Crippen LogP contribution in [0, 0.1) is 5.92 Å². The number of rotatable bonds is 10. The molecular weight excluding hydrogens is 344 g/mol. The van der Waals surface area contributed by atoms with Crippen LogP contribution in [-0.2, 0) is 0 Å². The molecular formula is C25H36N2O. The van der Waals surface area contributed by atoms with Gasteiger partial charge in [0.25, 0.3) is 0 Å². The molecule has 0 aliphatic heterocycles. The van der Waals surface area contributed by atoms with Crippen LogP contribution in [0.3, 0.4) is 0 Å². The van der Waals surface area contributed by atoms with Crippen molar-refractivity contribution >= 4 is 0 Å². The van der Waals surface area contributed by atoms with Gasteiger partial charge in [0, 0.05) is 18.0 Å². The van der Waals surface area contributed by atoms with Gasteiger partial charge in [-0.15, -0.1) is 0 Å². The number of unbranched alkanes of at least 4 members (excludes halogenated alkanes) is 4. The molecule has 3 nitrogen and oxygen atoms in total. The van der Waals surface area contributed by atoms with E-state index in [4.69, 9.17) is 4.74 Å². The van der Waals surface area contributed by atoms with Crippen LogP contribution in [0.4, 0.5) is 0 Å². The highest BCUT2D eigenvalue weighted by Gasteiger charge is 2.21. The second kappa shape index (κ2) is 11.2. The van der Waals surface area contributed by atoms with Gasteiger partial charge < -0.3 is 4.74 Å². The minimum atomic E-state index is 0.643. The van der Waals surface area contributed by atoms with Crippen molar-refractivity contribution in [1.82, 2.24) is 9.97 Å². The van der Waals surface area contributed by atoms with E-state index in [1.807, 2.05) is 24.5 Å². The Morgan fingerprint density at radius 1 is 0.857 bits per heavy atom. The molecule has 1 aliphatic rings. The molecule has 1 aromatic heterocycles. The zero-order valence-electron chi connectivity index (χ0n) is 17.7. The van der Waals surface area contributed by atoms with E-state index < -0.39 is 0 Å². The fourth-order valence-electron chi connectivity index (χ4n) is 4.20. The summed E-state index contributed by atoms with van der Waals surface area (Å²) in [4.78, 5) is 9.29. The normalized spacial score (nSPS) is 19.5. The highest BCUT2D eigenvalue weighted by atomic mass is 16.5. The first-order chi connectivity index (χ1) is 13.8. The summed E-state index contributed by atoms with van der Waals surface area (Å²) in [5, 5.41) is 0. The number of hydrogen-bond donors (Lipinski definition) is 0. The van der Waals surface area contributed by atoms with Crippen LogP contribution >= 0.6 is 0 Å². The maximum absolute atomic E-state index is 5.85. The lowest BCUT2D eigenvalue weighted by Crippen LogP contribution is -2.13. The molecule has 1 saturated carbocycles. The fraction of sp³-hybridized carbons (Fsp3) is 0.600. The first-order valence-corrected chi connectivity index (χ1v) is 11.3. The molecule has 0 radical (unpaired) electrons. The van der Waals surface area contributed by atoms with Crippen molar-refractivity contribution in [2.45, 2.75) is 84.0 Å². The van der Waals surface area contributed by atoms with Gasteiger partial charge in [0.15, 0.2) is 5.82 Å². The summed E-state index contributed by atoms with van der Waals surface area (Å²) in [6.07, 6.45) is 17.0. The van der Waals surface area contributed by atoms with Gasteiger partial charge >= 0.3 is 0 Å². The number of benzene rings is 1. The first kappa shape index (κ1) is 20.8. The minimum Gasteiger partial charge on any atom is -0.494 e. The average Bonchev–Trinajstić information content (AvgIpc) is 2.77. The quantitative estimate of drug-likeness (QED) is 0.410. The smallest absolute Gasteiger partial charge is 0.159 e. The third-order valence-corrected chi connectivity index (χ3v) is 6.20. The topological polar surface area (TPSA) is 35.0 Å². The Morgan fingerprint density at radius 3 is 2.18 bits per heavy atom. The summed E-state index contributed by atoms with van der Waals surface area (Å²) in [6.45, 7) is 5.36. The lowest BCUT2D eigenvalue weighted by Gasteiger charge is -2.27. The highest BCUT2D eigenvalue weighted by molar-refractivity contribution is 5.56.